The number of likely N-dealkylation sites (tertiary alicyclic amines) is 1. The van der Waals surface area contributed by atoms with Crippen LogP contribution in [-0.2, 0) is 9.36 Å². The van der Waals surface area contributed by atoms with Crippen LogP contribution in [0.15, 0.2) is 42.5 Å². The van der Waals surface area contributed by atoms with E-state index in [1.54, 1.807) is 44.5 Å². The van der Waals surface area contributed by atoms with Crippen LogP contribution in [0.3, 0.4) is 0 Å². The van der Waals surface area contributed by atoms with Crippen molar-refractivity contribution >= 4 is 53.0 Å². The molecular formula is C28H36ClN6O3P. The molecule has 1 saturated heterocycles. The summed E-state index contributed by atoms with van der Waals surface area (Å²) in [6.45, 7) is 6.85. The number of pyridine rings is 1. The lowest BCUT2D eigenvalue weighted by atomic mass is 10.1. The number of anilines is 1. The normalized spacial score (nSPS) is 16.7. The third kappa shape index (κ3) is 6.96. The predicted molar refractivity (Wildman–Crippen MR) is 158 cm³/mol. The Balaban J connectivity index is 1.70. The van der Waals surface area contributed by atoms with E-state index in [-0.39, 0.29) is 17.9 Å². The second-order valence-corrected chi connectivity index (χ2v) is 14.2. The van der Waals surface area contributed by atoms with Crippen molar-refractivity contribution in [3.63, 3.8) is 0 Å². The first-order chi connectivity index (χ1) is 18.4. The molecule has 3 aromatic rings. The first-order valence-electron chi connectivity index (χ1n) is 13.1. The molecule has 3 heterocycles. The van der Waals surface area contributed by atoms with E-state index < -0.39 is 7.14 Å². The van der Waals surface area contributed by atoms with Gasteiger partial charge in [0.25, 0.3) is 5.91 Å². The molecule has 0 saturated carbocycles. The predicted octanol–water partition coefficient (Wildman–Crippen LogP) is 4.56. The van der Waals surface area contributed by atoms with E-state index in [0.717, 1.165) is 24.8 Å². The van der Waals surface area contributed by atoms with Crippen LogP contribution in [0.5, 0.6) is 0 Å². The van der Waals surface area contributed by atoms with Gasteiger partial charge in [-0.25, -0.2) is 4.98 Å². The molecule has 0 spiro atoms. The molecule has 1 aromatic carbocycles. The summed E-state index contributed by atoms with van der Waals surface area (Å²) in [5.74, 6) is -0.0537. The zero-order valence-corrected chi connectivity index (χ0v) is 24.8. The molecule has 9 nitrogen and oxygen atoms in total. The highest BCUT2D eigenvalue weighted by Crippen LogP contribution is 2.35. The van der Waals surface area contributed by atoms with Crippen LogP contribution in [0.25, 0.3) is 11.0 Å². The van der Waals surface area contributed by atoms with Crippen molar-refractivity contribution in [2.75, 3.05) is 52.4 Å². The number of likely N-dealkylation sites (N-methyl/N-ethyl adjacent to an activating group) is 1. The highest BCUT2D eigenvalue weighted by Gasteiger charge is 2.28. The number of halogens is 1. The zero-order valence-electron chi connectivity index (χ0n) is 23.1. The summed E-state index contributed by atoms with van der Waals surface area (Å²) in [4.78, 5) is 39.5. The van der Waals surface area contributed by atoms with E-state index in [4.69, 9.17) is 16.6 Å². The van der Waals surface area contributed by atoms with Crippen LogP contribution in [-0.4, -0.2) is 83.2 Å². The molecule has 1 aliphatic heterocycles. The maximum absolute atomic E-state index is 13.5. The summed E-state index contributed by atoms with van der Waals surface area (Å²) in [5, 5.41) is 3.49. The van der Waals surface area contributed by atoms with Crippen LogP contribution in [0.1, 0.15) is 41.4 Å². The molecule has 4 rings (SSSR count). The number of aromatic nitrogens is 3. The van der Waals surface area contributed by atoms with Crippen LogP contribution in [0.2, 0.25) is 5.02 Å². The second kappa shape index (κ2) is 12.0. The fraction of sp³-hybridized carbons (Fsp3) is 0.429. The summed E-state index contributed by atoms with van der Waals surface area (Å²) < 4.78 is 14.6. The molecule has 0 bridgehead atoms. The van der Waals surface area contributed by atoms with Crippen molar-refractivity contribution < 1.29 is 14.2 Å². The zero-order chi connectivity index (χ0) is 28.3. The number of hydrogen-bond donors (Lipinski definition) is 1. The number of aryl methyl sites for hydroxylation is 1. The average molecular weight is 571 g/mol. The smallest absolute Gasteiger partial charge is 0.258 e. The number of para-hydroxylation sites is 1. The van der Waals surface area contributed by atoms with Crippen LogP contribution in [0, 0.1) is 6.92 Å². The summed E-state index contributed by atoms with van der Waals surface area (Å²) in [6, 6.07) is 8.59. The van der Waals surface area contributed by atoms with Gasteiger partial charge in [-0.3, -0.25) is 19.9 Å². The van der Waals surface area contributed by atoms with Gasteiger partial charge in [-0.15, -0.1) is 0 Å². The van der Waals surface area contributed by atoms with Gasteiger partial charge in [-0.05, 0) is 77.9 Å². The summed E-state index contributed by atoms with van der Waals surface area (Å²) >= 11 is 6.67. The van der Waals surface area contributed by atoms with Crippen LogP contribution in [0.4, 0.5) is 5.95 Å². The highest BCUT2D eigenvalue weighted by atomic mass is 35.5. The van der Waals surface area contributed by atoms with Crippen molar-refractivity contribution in [2.45, 2.75) is 32.2 Å². The number of nitrogens with zero attached hydrogens (tertiary/aromatic N) is 5. The second-order valence-electron chi connectivity index (χ2n) is 10.7. The van der Waals surface area contributed by atoms with Crippen molar-refractivity contribution in [2.24, 2.45) is 0 Å². The number of hydrogen-bond acceptors (Lipinski definition) is 6. The van der Waals surface area contributed by atoms with E-state index in [9.17, 15) is 14.2 Å². The summed E-state index contributed by atoms with van der Waals surface area (Å²) in [5.41, 5.74) is 2.75. The van der Waals surface area contributed by atoms with Crippen LogP contribution < -0.4 is 10.8 Å². The van der Waals surface area contributed by atoms with E-state index in [1.165, 1.54) is 0 Å². The van der Waals surface area contributed by atoms with Gasteiger partial charge in [0.2, 0.25) is 11.9 Å². The van der Waals surface area contributed by atoms with Gasteiger partial charge in [0.1, 0.15) is 12.6 Å². The molecule has 1 N–H and O–H groups in total. The Morgan fingerprint density at radius 2 is 1.97 bits per heavy atom. The summed E-state index contributed by atoms with van der Waals surface area (Å²) in [7, 11) is 1.25. The lowest BCUT2D eigenvalue weighted by Gasteiger charge is -2.26. The largest absolute Gasteiger partial charge is 0.337 e. The number of carbonyl (C=O) groups is 2. The minimum atomic E-state index is -2.67. The molecule has 0 aliphatic carbocycles. The Labute approximate surface area is 234 Å². The van der Waals surface area contributed by atoms with E-state index in [1.807, 2.05) is 46.7 Å². The van der Waals surface area contributed by atoms with Gasteiger partial charge in [-0.2, -0.15) is 0 Å². The lowest BCUT2D eigenvalue weighted by Crippen LogP contribution is -2.35. The molecular weight excluding hydrogens is 535 g/mol. The topological polar surface area (TPSA) is 100 Å². The molecule has 1 aliphatic rings. The molecule has 2 amide bonds. The quantitative estimate of drug-likeness (QED) is 0.330. The molecule has 39 heavy (non-hydrogen) atoms. The number of imidazole rings is 1. The SMILES string of the molecule is Cc1cc(C(=O)Nc2nc3cccc(Cl)c3n2[C@H]2CCCCN(C(=O)C=CCN(C)C)C2)cc(P(C)(C)=O)n1. The third-order valence-electron chi connectivity index (χ3n) is 6.69. The van der Waals surface area contributed by atoms with Crippen molar-refractivity contribution in [1.82, 2.24) is 24.3 Å². The number of fused-ring (bicyclic) bond motifs is 1. The Bertz CT molecular complexity index is 1460. The van der Waals surface area contributed by atoms with Gasteiger partial charge >= 0.3 is 0 Å². The number of rotatable bonds is 7. The number of nitrogens with one attached hydrogen (secondary N) is 1. The average Bonchev–Trinajstić information content (AvgIpc) is 3.04. The third-order valence-corrected chi connectivity index (χ3v) is 8.33. The first-order valence-corrected chi connectivity index (χ1v) is 16.0. The standard InChI is InChI=1S/C28H36ClN6O3P/c1-19-16-20(17-24(30-19)39(4,5)38)27(37)32-28-31-23-12-8-11-22(29)26(23)35(28)21-10-6-7-15-34(18-21)25(36)13-9-14-33(2)3/h8-9,11-13,16-17,21H,6-7,10,14-15,18H2,1-5H3,(H,31,32,37)/t21-/m0/s1. The van der Waals surface area contributed by atoms with Gasteiger partial charge in [-0.1, -0.05) is 23.7 Å². The Morgan fingerprint density at radius 3 is 2.69 bits per heavy atom. The molecule has 1 fully saturated rings. The summed E-state index contributed by atoms with van der Waals surface area (Å²) in [6.07, 6.45) is 6.11. The Kier molecular flexibility index (Phi) is 8.94. The monoisotopic (exact) mass is 570 g/mol. The molecule has 11 heteroatoms. The van der Waals surface area contributed by atoms with Gasteiger partial charge < -0.3 is 18.9 Å². The molecule has 0 radical (unpaired) electrons. The van der Waals surface area contributed by atoms with Gasteiger partial charge in [0.05, 0.1) is 22.1 Å². The van der Waals surface area contributed by atoms with Crippen molar-refractivity contribution in [1.29, 1.82) is 0 Å². The minimum Gasteiger partial charge on any atom is -0.337 e. The fourth-order valence-electron chi connectivity index (χ4n) is 4.78. The van der Waals surface area contributed by atoms with E-state index >= 15 is 0 Å². The molecule has 208 valence electrons. The molecule has 0 unspecified atom stereocenters. The van der Waals surface area contributed by atoms with Crippen LogP contribution >= 0.6 is 18.7 Å². The van der Waals surface area contributed by atoms with E-state index in [2.05, 4.69) is 10.3 Å². The van der Waals surface area contributed by atoms with Crippen molar-refractivity contribution in [3.05, 3.63) is 58.8 Å². The number of benzene rings is 1. The maximum atomic E-state index is 13.5. The van der Waals surface area contributed by atoms with E-state index in [0.29, 0.717) is 52.8 Å². The fourth-order valence-corrected chi connectivity index (χ4v) is 5.89. The Morgan fingerprint density at radius 1 is 1.21 bits per heavy atom. The minimum absolute atomic E-state index is 0.0341. The number of amides is 2. The van der Waals surface area contributed by atoms with Crippen molar-refractivity contribution in [3.8, 4) is 0 Å². The number of carbonyl (C=O) groups excluding carboxylic acids is 2. The van der Waals surface area contributed by atoms with Gasteiger partial charge in [0.15, 0.2) is 0 Å². The molecule has 1 atom stereocenters. The highest BCUT2D eigenvalue weighted by molar-refractivity contribution is 7.69. The first kappa shape index (κ1) is 29.0. The lowest BCUT2D eigenvalue weighted by molar-refractivity contribution is -0.126. The Hall–Kier alpha value is -3.00. The maximum Gasteiger partial charge on any atom is 0.258 e. The van der Waals surface area contributed by atoms with Gasteiger partial charge in [0, 0.05) is 37.0 Å². The molecule has 2 aromatic heterocycles.